The average molecular weight is 249 g/mol. The first-order valence-electron chi connectivity index (χ1n) is 6.88. The van der Waals surface area contributed by atoms with Crippen LogP contribution in [0.5, 0.6) is 0 Å². The summed E-state index contributed by atoms with van der Waals surface area (Å²) in [7, 11) is 0. The molecule has 18 heavy (non-hydrogen) atoms. The van der Waals surface area contributed by atoms with Gasteiger partial charge in [0.05, 0.1) is 0 Å². The van der Waals surface area contributed by atoms with E-state index < -0.39 is 12.0 Å². The van der Waals surface area contributed by atoms with Crippen molar-refractivity contribution in [2.75, 3.05) is 6.54 Å². The van der Waals surface area contributed by atoms with Crippen LogP contribution in [0.1, 0.15) is 32.1 Å². The molecule has 4 heteroatoms. The van der Waals surface area contributed by atoms with Crippen molar-refractivity contribution in [3.63, 3.8) is 0 Å². The van der Waals surface area contributed by atoms with Crippen LogP contribution in [0, 0.1) is 17.8 Å². The smallest absolute Gasteiger partial charge is 0.326 e. The minimum atomic E-state index is -0.850. The van der Waals surface area contributed by atoms with Gasteiger partial charge in [-0.1, -0.05) is 12.2 Å². The van der Waals surface area contributed by atoms with Gasteiger partial charge in [-0.25, -0.2) is 4.79 Å². The van der Waals surface area contributed by atoms with E-state index in [1.807, 2.05) is 0 Å². The number of carboxylic acids is 1. The number of hydrogen-bond donors (Lipinski definition) is 1. The lowest BCUT2D eigenvalue weighted by Crippen LogP contribution is -2.47. The maximum atomic E-state index is 12.5. The van der Waals surface area contributed by atoms with E-state index in [0.29, 0.717) is 24.8 Å². The molecule has 1 saturated carbocycles. The standard InChI is InChI=1S/C14H19NO3/c16-13(15-7-1-2-12(15)14(17)18)11-8-9-3-5-10(11)6-4-9/h3,5,9-12H,1-2,4,6-8H2,(H,17,18)/t9-,10+,11-,12?/m1/s1. The Hall–Kier alpha value is -1.32. The lowest BCUT2D eigenvalue weighted by molar-refractivity contribution is -0.151. The fraction of sp³-hybridized carbons (Fsp3) is 0.714. The lowest BCUT2D eigenvalue weighted by Gasteiger charge is -2.39. The minimum absolute atomic E-state index is 0.0358. The number of hydrogen-bond acceptors (Lipinski definition) is 2. The van der Waals surface area contributed by atoms with Crippen LogP contribution in [0.4, 0.5) is 0 Å². The van der Waals surface area contributed by atoms with Crippen LogP contribution in [0.15, 0.2) is 12.2 Å². The van der Waals surface area contributed by atoms with Gasteiger partial charge in [0.1, 0.15) is 6.04 Å². The summed E-state index contributed by atoms with van der Waals surface area (Å²) in [4.78, 5) is 25.3. The summed E-state index contributed by atoms with van der Waals surface area (Å²) in [5.74, 6) is 0.150. The number of carboxylic acid groups (broad SMARTS) is 1. The van der Waals surface area contributed by atoms with Crippen LogP contribution < -0.4 is 0 Å². The third-order valence-electron chi connectivity index (χ3n) is 4.71. The molecular weight excluding hydrogens is 230 g/mol. The van der Waals surface area contributed by atoms with E-state index >= 15 is 0 Å². The molecule has 1 unspecified atom stereocenters. The number of rotatable bonds is 2. The second kappa shape index (κ2) is 4.41. The summed E-state index contributed by atoms with van der Waals surface area (Å²) in [6.45, 7) is 0.618. The van der Waals surface area contributed by atoms with Crippen LogP contribution in [0.25, 0.3) is 0 Å². The first kappa shape index (κ1) is 11.8. The van der Waals surface area contributed by atoms with Gasteiger partial charge in [0.15, 0.2) is 0 Å². The molecule has 3 aliphatic carbocycles. The summed E-state index contributed by atoms with van der Waals surface area (Å²) in [6.07, 6.45) is 9.03. The van der Waals surface area contributed by atoms with Crippen molar-refractivity contribution in [2.24, 2.45) is 17.8 Å². The van der Waals surface area contributed by atoms with E-state index in [0.717, 1.165) is 19.3 Å². The summed E-state index contributed by atoms with van der Waals surface area (Å²) < 4.78 is 0. The van der Waals surface area contributed by atoms with Crippen LogP contribution in [-0.2, 0) is 9.59 Å². The molecule has 2 bridgehead atoms. The predicted molar refractivity (Wildman–Crippen MR) is 65.8 cm³/mol. The highest BCUT2D eigenvalue weighted by molar-refractivity contribution is 5.86. The minimum Gasteiger partial charge on any atom is -0.480 e. The zero-order chi connectivity index (χ0) is 12.7. The highest BCUT2D eigenvalue weighted by atomic mass is 16.4. The van der Waals surface area contributed by atoms with Gasteiger partial charge in [-0.05, 0) is 43.9 Å². The van der Waals surface area contributed by atoms with Gasteiger partial charge in [-0.15, -0.1) is 0 Å². The second-order valence-electron chi connectivity index (χ2n) is 5.76. The van der Waals surface area contributed by atoms with Gasteiger partial charge < -0.3 is 10.0 Å². The number of allylic oxidation sites excluding steroid dienone is 2. The molecule has 4 nitrogen and oxygen atoms in total. The van der Waals surface area contributed by atoms with Crippen LogP contribution in [-0.4, -0.2) is 34.5 Å². The Bertz CT molecular complexity index is 400. The first-order chi connectivity index (χ1) is 8.66. The van der Waals surface area contributed by atoms with E-state index in [1.54, 1.807) is 4.90 Å². The van der Waals surface area contributed by atoms with E-state index in [9.17, 15) is 9.59 Å². The Morgan fingerprint density at radius 2 is 2.00 bits per heavy atom. The number of nitrogens with zero attached hydrogens (tertiary/aromatic N) is 1. The van der Waals surface area contributed by atoms with E-state index in [-0.39, 0.29) is 11.8 Å². The van der Waals surface area contributed by atoms with E-state index in [2.05, 4.69) is 12.2 Å². The number of likely N-dealkylation sites (tertiary alicyclic amines) is 1. The number of amides is 1. The van der Waals surface area contributed by atoms with Crippen molar-refractivity contribution in [1.82, 2.24) is 4.90 Å². The Balaban J connectivity index is 1.75. The van der Waals surface area contributed by atoms with Crippen molar-refractivity contribution in [1.29, 1.82) is 0 Å². The van der Waals surface area contributed by atoms with Gasteiger partial charge in [0, 0.05) is 12.5 Å². The van der Waals surface area contributed by atoms with Crippen molar-refractivity contribution in [3.8, 4) is 0 Å². The van der Waals surface area contributed by atoms with Gasteiger partial charge in [-0.3, -0.25) is 4.79 Å². The summed E-state index contributed by atoms with van der Waals surface area (Å²) in [5, 5.41) is 9.15. The SMILES string of the molecule is O=C(O)C1CCCN1C(=O)[C@@H]1C[C@@H]2C=C[C@H]1CC2. The van der Waals surface area contributed by atoms with Gasteiger partial charge in [0.2, 0.25) is 5.91 Å². The number of carbonyl (C=O) groups is 2. The molecule has 1 N–H and O–H groups in total. The third-order valence-corrected chi connectivity index (χ3v) is 4.71. The zero-order valence-corrected chi connectivity index (χ0v) is 10.4. The molecule has 1 aliphatic heterocycles. The third kappa shape index (κ3) is 1.84. The van der Waals surface area contributed by atoms with Crippen molar-refractivity contribution in [2.45, 2.75) is 38.1 Å². The monoisotopic (exact) mass is 249 g/mol. The highest BCUT2D eigenvalue weighted by Crippen LogP contribution is 2.41. The van der Waals surface area contributed by atoms with Gasteiger partial charge in [-0.2, -0.15) is 0 Å². The quantitative estimate of drug-likeness (QED) is 0.757. The molecule has 0 spiro atoms. The molecule has 98 valence electrons. The van der Waals surface area contributed by atoms with Crippen molar-refractivity contribution >= 4 is 11.9 Å². The van der Waals surface area contributed by atoms with Crippen molar-refractivity contribution < 1.29 is 14.7 Å². The van der Waals surface area contributed by atoms with E-state index in [1.165, 1.54) is 6.42 Å². The van der Waals surface area contributed by atoms with Crippen LogP contribution >= 0.6 is 0 Å². The lowest BCUT2D eigenvalue weighted by atomic mass is 9.68. The van der Waals surface area contributed by atoms with Gasteiger partial charge in [0.25, 0.3) is 0 Å². The molecule has 2 fully saturated rings. The molecule has 4 aliphatic rings. The average Bonchev–Trinajstić information content (AvgIpc) is 2.88. The maximum absolute atomic E-state index is 12.5. The summed E-state index contributed by atoms with van der Waals surface area (Å²) >= 11 is 0. The molecule has 1 saturated heterocycles. The Morgan fingerprint density at radius 1 is 1.17 bits per heavy atom. The number of carbonyl (C=O) groups excluding carboxylic acids is 1. The first-order valence-corrected chi connectivity index (χ1v) is 6.88. The molecule has 0 aromatic carbocycles. The summed E-state index contributed by atoms with van der Waals surface area (Å²) in [6, 6.07) is -0.582. The molecule has 4 atom stereocenters. The van der Waals surface area contributed by atoms with Crippen LogP contribution in [0.3, 0.4) is 0 Å². The predicted octanol–water partition coefficient (Wildman–Crippen LogP) is 1.66. The normalized spacial score (nSPS) is 38.1. The fourth-order valence-corrected chi connectivity index (χ4v) is 3.72. The Morgan fingerprint density at radius 3 is 2.56 bits per heavy atom. The molecular formula is C14H19NO3. The molecule has 0 aromatic heterocycles. The van der Waals surface area contributed by atoms with Crippen LogP contribution in [0.2, 0.25) is 0 Å². The Labute approximate surface area is 107 Å². The highest BCUT2D eigenvalue weighted by Gasteiger charge is 2.42. The molecule has 1 heterocycles. The zero-order valence-electron chi connectivity index (χ0n) is 10.4. The van der Waals surface area contributed by atoms with E-state index in [4.69, 9.17) is 5.11 Å². The molecule has 4 rings (SSSR count). The Kier molecular flexibility index (Phi) is 2.88. The molecule has 0 radical (unpaired) electrons. The largest absolute Gasteiger partial charge is 0.480 e. The van der Waals surface area contributed by atoms with Gasteiger partial charge >= 0.3 is 5.97 Å². The summed E-state index contributed by atoms with van der Waals surface area (Å²) in [5.41, 5.74) is 0. The second-order valence-corrected chi connectivity index (χ2v) is 5.76. The maximum Gasteiger partial charge on any atom is 0.326 e. The topological polar surface area (TPSA) is 57.6 Å². The fourth-order valence-electron chi connectivity index (χ4n) is 3.72. The molecule has 0 aromatic rings. The molecule has 1 amide bonds. The number of aliphatic carboxylic acids is 1. The van der Waals surface area contributed by atoms with Crippen molar-refractivity contribution in [3.05, 3.63) is 12.2 Å². The number of fused-ring (bicyclic) bond motifs is 2.